The maximum Gasteiger partial charge on any atom is 0.407 e. The first kappa shape index (κ1) is 27.7. The summed E-state index contributed by atoms with van der Waals surface area (Å²) in [6.07, 6.45) is 1.04. The molecule has 1 aliphatic rings. The Balaban J connectivity index is 1.58. The van der Waals surface area contributed by atoms with Crippen LogP contribution in [0.1, 0.15) is 44.2 Å². The fraction of sp³-hybridized carbons (Fsp3) is 0.429. The topological polar surface area (TPSA) is 114 Å². The van der Waals surface area contributed by atoms with Crippen LogP contribution in [0.2, 0.25) is 0 Å². The first-order valence-electron chi connectivity index (χ1n) is 12.5. The van der Waals surface area contributed by atoms with Crippen molar-refractivity contribution in [3.63, 3.8) is 0 Å². The van der Waals surface area contributed by atoms with E-state index in [1.807, 2.05) is 67.6 Å². The maximum atomic E-state index is 13.4. The van der Waals surface area contributed by atoms with E-state index < -0.39 is 23.6 Å². The Kier molecular flexibility index (Phi) is 9.65. The van der Waals surface area contributed by atoms with Crippen molar-refractivity contribution in [2.75, 3.05) is 13.7 Å². The van der Waals surface area contributed by atoms with Crippen LogP contribution < -0.4 is 10.6 Å². The summed E-state index contributed by atoms with van der Waals surface area (Å²) in [5.74, 6) is -1.07. The van der Waals surface area contributed by atoms with Crippen molar-refractivity contribution in [3.05, 3.63) is 71.8 Å². The van der Waals surface area contributed by atoms with Gasteiger partial charge < -0.3 is 25.0 Å². The lowest BCUT2D eigenvalue weighted by atomic mass is 9.77. The molecule has 3 atom stereocenters. The number of nitrogens with one attached hydrogen (secondary N) is 2. The molecule has 0 aliphatic carbocycles. The van der Waals surface area contributed by atoms with E-state index in [-0.39, 0.29) is 30.9 Å². The minimum Gasteiger partial charge on any atom is -0.467 e. The maximum absolute atomic E-state index is 13.4. The van der Waals surface area contributed by atoms with Gasteiger partial charge in [0.1, 0.15) is 18.2 Å². The molecular weight excluding hydrogens is 474 g/mol. The van der Waals surface area contributed by atoms with Gasteiger partial charge in [0.05, 0.1) is 13.5 Å². The SMILES string of the molecule is COC(=O)[C@H](C)NC(=O)[C@@]1(Cc2ccccc2)CC(=O)N1CCC[C@@H](C)NC(=O)OCc1ccccc1. The molecule has 1 saturated heterocycles. The quantitative estimate of drug-likeness (QED) is 0.336. The predicted molar refractivity (Wildman–Crippen MR) is 137 cm³/mol. The number of benzene rings is 2. The first-order chi connectivity index (χ1) is 17.7. The van der Waals surface area contributed by atoms with Gasteiger partial charge in [-0.05, 0) is 37.8 Å². The van der Waals surface area contributed by atoms with Crippen molar-refractivity contribution in [3.8, 4) is 0 Å². The zero-order valence-corrected chi connectivity index (χ0v) is 21.6. The Morgan fingerprint density at radius 1 is 0.973 bits per heavy atom. The molecule has 0 saturated carbocycles. The number of rotatable bonds is 12. The molecule has 37 heavy (non-hydrogen) atoms. The zero-order valence-electron chi connectivity index (χ0n) is 21.6. The summed E-state index contributed by atoms with van der Waals surface area (Å²) in [5.41, 5.74) is 0.722. The Hall–Kier alpha value is -3.88. The van der Waals surface area contributed by atoms with Gasteiger partial charge in [0.15, 0.2) is 0 Å². The molecule has 1 heterocycles. The van der Waals surface area contributed by atoms with Crippen LogP contribution in [0.4, 0.5) is 4.79 Å². The minimum absolute atomic E-state index is 0.0568. The second-order valence-corrected chi connectivity index (χ2v) is 9.38. The first-order valence-corrected chi connectivity index (χ1v) is 12.5. The molecule has 1 fully saturated rings. The number of amides is 3. The lowest BCUT2D eigenvalue weighted by Crippen LogP contribution is -2.72. The predicted octanol–water partition coefficient (Wildman–Crippen LogP) is 2.97. The average Bonchev–Trinajstić information content (AvgIpc) is 2.90. The van der Waals surface area contributed by atoms with Crippen LogP contribution in [-0.4, -0.2) is 60.1 Å². The summed E-state index contributed by atoms with van der Waals surface area (Å²) >= 11 is 0. The highest BCUT2D eigenvalue weighted by Gasteiger charge is 2.56. The number of nitrogens with zero attached hydrogens (tertiary/aromatic N) is 1. The van der Waals surface area contributed by atoms with Crippen molar-refractivity contribution < 1.29 is 28.7 Å². The summed E-state index contributed by atoms with van der Waals surface area (Å²) in [6, 6.07) is 17.9. The molecule has 0 spiro atoms. The standard InChI is InChI=1S/C28H35N3O6/c1-20(29-27(35)37-19-23-14-8-5-9-15-23)11-10-16-31-24(32)18-28(31,17-22-12-6-4-7-13-22)26(34)30-21(2)25(33)36-3/h4-9,12-15,20-21H,10-11,16-19H2,1-3H3,(H,29,35)(H,30,34)/t20-,21+,28-/m1/s1. The third-order valence-electron chi connectivity index (χ3n) is 6.52. The van der Waals surface area contributed by atoms with Gasteiger partial charge in [0.25, 0.3) is 0 Å². The number of carbonyl (C=O) groups excluding carboxylic acids is 4. The molecule has 0 aromatic heterocycles. The lowest BCUT2D eigenvalue weighted by molar-refractivity contribution is -0.167. The van der Waals surface area contributed by atoms with E-state index in [1.165, 1.54) is 7.11 Å². The van der Waals surface area contributed by atoms with E-state index in [4.69, 9.17) is 9.47 Å². The summed E-state index contributed by atoms with van der Waals surface area (Å²) < 4.78 is 10.00. The van der Waals surface area contributed by atoms with Crippen LogP contribution in [-0.2, 0) is 36.9 Å². The van der Waals surface area contributed by atoms with Crippen molar-refractivity contribution in [2.24, 2.45) is 0 Å². The Morgan fingerprint density at radius 3 is 2.19 bits per heavy atom. The Morgan fingerprint density at radius 2 is 1.59 bits per heavy atom. The highest BCUT2D eigenvalue weighted by Crippen LogP contribution is 2.36. The van der Waals surface area contributed by atoms with Gasteiger partial charge in [0.2, 0.25) is 11.8 Å². The number of hydrogen-bond donors (Lipinski definition) is 2. The molecule has 9 heteroatoms. The van der Waals surface area contributed by atoms with Gasteiger partial charge in [-0.2, -0.15) is 0 Å². The smallest absolute Gasteiger partial charge is 0.407 e. The second kappa shape index (κ2) is 12.9. The van der Waals surface area contributed by atoms with Crippen molar-refractivity contribution in [2.45, 2.75) is 63.8 Å². The summed E-state index contributed by atoms with van der Waals surface area (Å²) in [7, 11) is 1.26. The zero-order chi connectivity index (χ0) is 26.8. The molecule has 198 valence electrons. The van der Waals surface area contributed by atoms with Gasteiger partial charge in [-0.1, -0.05) is 60.7 Å². The summed E-state index contributed by atoms with van der Waals surface area (Å²) in [6.45, 7) is 3.94. The largest absolute Gasteiger partial charge is 0.467 e. The average molecular weight is 510 g/mol. The molecule has 0 unspecified atom stereocenters. The molecule has 2 aromatic carbocycles. The normalized spacial score (nSPS) is 18.2. The van der Waals surface area contributed by atoms with Gasteiger partial charge >= 0.3 is 12.1 Å². The summed E-state index contributed by atoms with van der Waals surface area (Å²) in [4.78, 5) is 51.6. The van der Waals surface area contributed by atoms with Crippen LogP contribution in [0.15, 0.2) is 60.7 Å². The van der Waals surface area contributed by atoms with Crippen molar-refractivity contribution in [1.29, 1.82) is 0 Å². The molecule has 2 N–H and O–H groups in total. The van der Waals surface area contributed by atoms with E-state index in [0.717, 1.165) is 11.1 Å². The Bertz CT molecular complexity index is 1080. The van der Waals surface area contributed by atoms with Gasteiger partial charge in [-0.3, -0.25) is 9.59 Å². The van der Waals surface area contributed by atoms with Crippen LogP contribution in [0.3, 0.4) is 0 Å². The van der Waals surface area contributed by atoms with Crippen LogP contribution in [0.25, 0.3) is 0 Å². The molecule has 0 radical (unpaired) electrons. The highest BCUT2D eigenvalue weighted by molar-refractivity contribution is 6.02. The number of β-lactam (4-membered cyclic amide) rings is 1. The van der Waals surface area contributed by atoms with Crippen molar-refractivity contribution >= 4 is 23.9 Å². The number of methoxy groups -OCH3 is 1. The number of esters is 1. The van der Waals surface area contributed by atoms with E-state index in [0.29, 0.717) is 25.8 Å². The van der Waals surface area contributed by atoms with Gasteiger partial charge in [-0.25, -0.2) is 9.59 Å². The van der Waals surface area contributed by atoms with E-state index in [1.54, 1.807) is 11.8 Å². The molecule has 0 bridgehead atoms. The molecule has 3 rings (SSSR count). The third-order valence-corrected chi connectivity index (χ3v) is 6.52. The molecule has 1 aliphatic heterocycles. The van der Waals surface area contributed by atoms with Gasteiger partial charge in [0, 0.05) is 19.0 Å². The lowest BCUT2D eigenvalue weighted by Gasteiger charge is -2.51. The van der Waals surface area contributed by atoms with E-state index in [9.17, 15) is 19.2 Å². The summed E-state index contributed by atoms with van der Waals surface area (Å²) in [5, 5.41) is 5.52. The monoisotopic (exact) mass is 509 g/mol. The molecule has 3 amide bonds. The van der Waals surface area contributed by atoms with Crippen molar-refractivity contribution in [1.82, 2.24) is 15.5 Å². The molecule has 2 aromatic rings. The molecular formula is C28H35N3O6. The second-order valence-electron chi connectivity index (χ2n) is 9.38. The van der Waals surface area contributed by atoms with E-state index in [2.05, 4.69) is 10.6 Å². The van der Waals surface area contributed by atoms with Crippen LogP contribution >= 0.6 is 0 Å². The number of alkyl carbamates (subject to hydrolysis) is 1. The fourth-order valence-electron chi connectivity index (χ4n) is 4.46. The number of carbonyl (C=O) groups is 4. The van der Waals surface area contributed by atoms with E-state index >= 15 is 0 Å². The van der Waals surface area contributed by atoms with Crippen LogP contribution in [0, 0.1) is 0 Å². The molecule has 9 nitrogen and oxygen atoms in total. The van der Waals surface area contributed by atoms with Gasteiger partial charge in [-0.15, -0.1) is 0 Å². The Labute approximate surface area is 217 Å². The number of ether oxygens (including phenoxy) is 2. The number of hydrogen-bond acceptors (Lipinski definition) is 6. The number of likely N-dealkylation sites (tertiary alicyclic amines) is 1. The third kappa shape index (κ3) is 7.31. The highest BCUT2D eigenvalue weighted by atomic mass is 16.5. The van der Waals surface area contributed by atoms with Crippen LogP contribution in [0.5, 0.6) is 0 Å². The fourth-order valence-corrected chi connectivity index (χ4v) is 4.46. The minimum atomic E-state index is -1.09.